The van der Waals surface area contributed by atoms with E-state index in [0.29, 0.717) is 17.2 Å². The second kappa shape index (κ2) is 8.24. The van der Waals surface area contributed by atoms with Crippen molar-refractivity contribution < 1.29 is 4.42 Å². The summed E-state index contributed by atoms with van der Waals surface area (Å²) in [7, 11) is 0. The van der Waals surface area contributed by atoms with Crippen LogP contribution in [0.2, 0.25) is 5.02 Å². The topological polar surface area (TPSA) is 42.2 Å². The molecule has 0 saturated heterocycles. The van der Waals surface area contributed by atoms with Crippen molar-refractivity contribution in [3.8, 4) is 0 Å². The van der Waals surface area contributed by atoms with E-state index in [1.807, 2.05) is 37.3 Å². The van der Waals surface area contributed by atoms with Gasteiger partial charge in [0.25, 0.3) is 0 Å². The highest BCUT2D eigenvalue weighted by atomic mass is 35.5. The number of fused-ring (bicyclic) bond motifs is 1. The first-order chi connectivity index (χ1) is 14.0. The number of benzene rings is 3. The van der Waals surface area contributed by atoms with E-state index in [1.165, 1.54) is 17.2 Å². The number of nitrogens with one attached hydrogen (secondary N) is 1. The first-order valence-corrected chi connectivity index (χ1v) is 9.97. The van der Waals surface area contributed by atoms with Crippen LogP contribution < -0.4 is 10.9 Å². The third kappa shape index (κ3) is 4.26. The summed E-state index contributed by atoms with van der Waals surface area (Å²) < 4.78 is 5.39. The molecule has 0 fully saturated rings. The maximum Gasteiger partial charge on any atom is 0.336 e. The molecule has 3 aromatic carbocycles. The molecule has 0 spiro atoms. The van der Waals surface area contributed by atoms with Crippen molar-refractivity contribution in [2.45, 2.75) is 26.4 Å². The lowest BCUT2D eigenvalue weighted by atomic mass is 9.97. The van der Waals surface area contributed by atoms with Crippen molar-refractivity contribution in [3.05, 3.63) is 116 Å². The van der Waals surface area contributed by atoms with Crippen molar-refractivity contribution in [1.29, 1.82) is 0 Å². The van der Waals surface area contributed by atoms with E-state index in [4.69, 9.17) is 16.0 Å². The Morgan fingerprint density at radius 3 is 2.34 bits per heavy atom. The molecule has 1 aromatic heterocycles. The first kappa shape index (κ1) is 19.4. The Kier molecular flexibility index (Phi) is 5.52. The van der Waals surface area contributed by atoms with Crippen LogP contribution in [0.5, 0.6) is 0 Å². The summed E-state index contributed by atoms with van der Waals surface area (Å²) in [6.07, 6.45) is 0. The Bertz CT molecular complexity index is 1200. The quantitative estimate of drug-likeness (QED) is 0.419. The van der Waals surface area contributed by atoms with Crippen molar-refractivity contribution >= 4 is 22.6 Å². The monoisotopic (exact) mass is 403 g/mol. The van der Waals surface area contributed by atoms with Gasteiger partial charge >= 0.3 is 5.63 Å². The summed E-state index contributed by atoms with van der Waals surface area (Å²) in [5.74, 6) is 0. The van der Waals surface area contributed by atoms with Crippen LogP contribution in [0.4, 0.5) is 0 Å². The fourth-order valence-corrected chi connectivity index (χ4v) is 3.70. The lowest BCUT2D eigenvalue weighted by Crippen LogP contribution is -2.22. The fraction of sp³-hybridized carbons (Fsp3) is 0.160. The average molecular weight is 404 g/mol. The Labute approximate surface area is 175 Å². The molecule has 29 heavy (non-hydrogen) atoms. The van der Waals surface area contributed by atoms with Crippen molar-refractivity contribution in [1.82, 2.24) is 5.32 Å². The van der Waals surface area contributed by atoms with Gasteiger partial charge in [0.1, 0.15) is 5.58 Å². The summed E-state index contributed by atoms with van der Waals surface area (Å²) >= 11 is 6.33. The predicted octanol–water partition coefficient (Wildman–Crippen LogP) is 5.94. The maximum atomic E-state index is 12.1. The lowest BCUT2D eigenvalue weighted by molar-refractivity contribution is 0.552. The van der Waals surface area contributed by atoms with E-state index in [-0.39, 0.29) is 11.7 Å². The van der Waals surface area contributed by atoms with Crippen LogP contribution in [0, 0.1) is 13.8 Å². The van der Waals surface area contributed by atoms with Crippen LogP contribution in [0.25, 0.3) is 11.0 Å². The fourth-order valence-electron chi connectivity index (χ4n) is 3.54. The van der Waals surface area contributed by atoms with Gasteiger partial charge in [0, 0.05) is 23.0 Å². The smallest absolute Gasteiger partial charge is 0.336 e. The molecule has 0 saturated carbocycles. The highest BCUT2D eigenvalue weighted by Crippen LogP contribution is 2.27. The van der Waals surface area contributed by atoms with Crippen LogP contribution in [0.1, 0.15) is 33.9 Å². The number of hydrogen-bond donors (Lipinski definition) is 1. The summed E-state index contributed by atoms with van der Waals surface area (Å²) in [6, 6.07) is 24.0. The highest BCUT2D eigenvalue weighted by Gasteiger charge is 2.15. The van der Waals surface area contributed by atoms with E-state index >= 15 is 0 Å². The highest BCUT2D eigenvalue weighted by molar-refractivity contribution is 6.32. The van der Waals surface area contributed by atoms with Gasteiger partial charge in [-0.25, -0.2) is 4.79 Å². The van der Waals surface area contributed by atoms with Gasteiger partial charge in [-0.2, -0.15) is 0 Å². The van der Waals surface area contributed by atoms with E-state index < -0.39 is 0 Å². The molecule has 1 heterocycles. The Balaban J connectivity index is 1.72. The molecule has 1 N–H and O–H groups in total. The zero-order valence-electron chi connectivity index (χ0n) is 16.4. The van der Waals surface area contributed by atoms with Gasteiger partial charge in [0.15, 0.2) is 0 Å². The van der Waals surface area contributed by atoms with Crippen LogP contribution >= 0.6 is 11.6 Å². The van der Waals surface area contributed by atoms with Gasteiger partial charge in [-0.1, -0.05) is 71.8 Å². The maximum absolute atomic E-state index is 12.1. The zero-order chi connectivity index (χ0) is 20.4. The molecule has 0 aliphatic heterocycles. The summed E-state index contributed by atoms with van der Waals surface area (Å²) in [6.45, 7) is 4.49. The average Bonchev–Trinajstić information content (AvgIpc) is 2.71. The van der Waals surface area contributed by atoms with Crippen LogP contribution in [-0.2, 0) is 6.54 Å². The largest absolute Gasteiger partial charge is 0.423 e. The first-order valence-electron chi connectivity index (χ1n) is 9.59. The Hall–Kier alpha value is -2.88. The lowest BCUT2D eigenvalue weighted by Gasteiger charge is -2.21. The molecule has 146 valence electrons. The molecule has 3 nitrogen and oxygen atoms in total. The van der Waals surface area contributed by atoms with Crippen LogP contribution in [-0.4, -0.2) is 0 Å². The van der Waals surface area contributed by atoms with E-state index in [0.717, 1.165) is 22.1 Å². The molecular formula is C25H22ClNO2. The summed E-state index contributed by atoms with van der Waals surface area (Å²) in [5.41, 5.74) is 5.50. The SMILES string of the molecule is Cc1ccc([C@H](NCc2cc(=O)oc3cc(C)c(Cl)cc23)c2ccccc2)cc1. The standard InChI is InChI=1S/C25H22ClNO2/c1-16-8-10-19(11-9-16)25(18-6-4-3-5-7-18)27-15-20-13-24(28)29-23-12-17(2)22(26)14-21(20)23/h3-14,25,27H,15H2,1-2H3/t25-/m1/s1. The number of aryl methyl sites for hydroxylation is 2. The molecule has 0 unspecified atom stereocenters. The Morgan fingerprint density at radius 2 is 1.62 bits per heavy atom. The molecule has 0 radical (unpaired) electrons. The third-order valence-corrected chi connectivity index (χ3v) is 5.56. The number of halogens is 1. The van der Waals surface area contributed by atoms with Gasteiger partial charge in [0.05, 0.1) is 6.04 Å². The molecule has 0 aliphatic rings. The normalized spacial score (nSPS) is 12.2. The van der Waals surface area contributed by atoms with Gasteiger partial charge in [-0.05, 0) is 48.2 Å². The molecular weight excluding hydrogens is 382 g/mol. The van der Waals surface area contributed by atoms with E-state index in [2.05, 4.69) is 48.6 Å². The van der Waals surface area contributed by atoms with Crippen molar-refractivity contribution in [3.63, 3.8) is 0 Å². The van der Waals surface area contributed by atoms with Gasteiger partial charge in [-0.3, -0.25) is 0 Å². The zero-order valence-corrected chi connectivity index (χ0v) is 17.2. The second-order valence-electron chi connectivity index (χ2n) is 7.32. The Morgan fingerprint density at radius 1 is 0.931 bits per heavy atom. The van der Waals surface area contributed by atoms with Crippen LogP contribution in [0.15, 0.2) is 82.0 Å². The molecule has 0 amide bonds. The number of rotatable bonds is 5. The second-order valence-corrected chi connectivity index (χ2v) is 7.73. The minimum atomic E-state index is -0.359. The number of hydrogen-bond acceptors (Lipinski definition) is 3. The summed E-state index contributed by atoms with van der Waals surface area (Å²) in [4.78, 5) is 12.1. The van der Waals surface area contributed by atoms with Gasteiger partial charge < -0.3 is 9.73 Å². The van der Waals surface area contributed by atoms with E-state index in [1.54, 1.807) is 0 Å². The van der Waals surface area contributed by atoms with Crippen molar-refractivity contribution in [2.24, 2.45) is 0 Å². The van der Waals surface area contributed by atoms with E-state index in [9.17, 15) is 4.79 Å². The van der Waals surface area contributed by atoms with Gasteiger partial charge in [-0.15, -0.1) is 0 Å². The third-order valence-electron chi connectivity index (χ3n) is 5.15. The van der Waals surface area contributed by atoms with Crippen LogP contribution in [0.3, 0.4) is 0 Å². The molecule has 1 atom stereocenters. The predicted molar refractivity (Wildman–Crippen MR) is 119 cm³/mol. The molecule has 4 aromatic rings. The minimum absolute atomic E-state index is 0.0000160. The minimum Gasteiger partial charge on any atom is -0.423 e. The van der Waals surface area contributed by atoms with Crippen molar-refractivity contribution in [2.75, 3.05) is 0 Å². The molecule has 4 heteroatoms. The molecule has 0 aliphatic carbocycles. The molecule has 4 rings (SSSR count). The van der Waals surface area contributed by atoms with Gasteiger partial charge in [0.2, 0.25) is 0 Å². The molecule has 0 bridgehead atoms. The summed E-state index contributed by atoms with van der Waals surface area (Å²) in [5, 5.41) is 5.13.